The molecule has 1 aliphatic carbocycles. The van der Waals surface area contributed by atoms with Crippen LogP contribution in [0, 0.1) is 5.92 Å². The van der Waals surface area contributed by atoms with E-state index < -0.39 is 17.9 Å². The second-order valence-corrected chi connectivity index (χ2v) is 3.45. The number of amides is 2. The molecule has 0 heterocycles. The third-order valence-corrected chi connectivity index (χ3v) is 2.39. The maximum atomic E-state index is 11.2. The smallest absolute Gasteiger partial charge is 0.230 e. The van der Waals surface area contributed by atoms with E-state index in [0.29, 0.717) is 7.28 Å². The van der Waals surface area contributed by atoms with Crippen LogP contribution in [0.25, 0.3) is 0 Å². The van der Waals surface area contributed by atoms with Crippen LogP contribution < -0.4 is 11.0 Å². The van der Waals surface area contributed by atoms with E-state index in [-0.39, 0.29) is 24.4 Å². The number of hydrogen-bond donors (Lipinski definition) is 2. The molecule has 3 N–H and O–H groups in total. The van der Waals surface area contributed by atoms with E-state index in [1.165, 1.54) is 0 Å². The Morgan fingerprint density at radius 2 is 2.36 bits per heavy atom. The van der Waals surface area contributed by atoms with E-state index >= 15 is 0 Å². The number of nitrogens with two attached hydrogens (primary N) is 1. The molecule has 14 heavy (non-hydrogen) atoms. The zero-order valence-electron chi connectivity index (χ0n) is 9.00. The molecule has 2 amide bonds. The number of primary amides is 1. The molecular weight excluding hydrogens is 183 g/mol. The molecule has 0 aromatic carbocycles. The van der Waals surface area contributed by atoms with Crippen LogP contribution in [0.15, 0.2) is 0 Å². The molecular formula is C8H13BN2O3. The van der Waals surface area contributed by atoms with Crippen LogP contribution in [-0.4, -0.2) is 30.8 Å². The topological polar surface area (TPSA) is 89.3 Å². The van der Waals surface area contributed by atoms with E-state index in [9.17, 15) is 14.4 Å². The summed E-state index contributed by atoms with van der Waals surface area (Å²) in [5.74, 6) is -1.34. The standard InChI is InChI=1S/C8H13BN2O3/c1-9-8(14)11-6-3-4(12)2-5(6)7(10)13/h5-6,9H,2-3H2,1H3,(H2,10,13)(H,11,14)/t5-,6-/m0/s1/i/hD. The van der Waals surface area contributed by atoms with Crippen LogP contribution in [0.4, 0.5) is 4.79 Å². The minimum atomic E-state index is -0.592. The van der Waals surface area contributed by atoms with Gasteiger partial charge in [0.15, 0.2) is 7.22 Å². The summed E-state index contributed by atoms with van der Waals surface area (Å²) in [4.78, 5) is 33.5. The van der Waals surface area contributed by atoms with Gasteiger partial charge in [-0.1, -0.05) is 6.82 Å². The fourth-order valence-corrected chi connectivity index (χ4v) is 1.59. The van der Waals surface area contributed by atoms with Crippen LogP contribution in [0.5, 0.6) is 0 Å². The third-order valence-electron chi connectivity index (χ3n) is 2.39. The van der Waals surface area contributed by atoms with Gasteiger partial charge in [0.2, 0.25) is 13.2 Å². The number of rotatable bonds is 3. The molecule has 2 atom stereocenters. The van der Waals surface area contributed by atoms with Gasteiger partial charge in [0, 0.05) is 18.9 Å². The molecule has 0 radical (unpaired) electrons. The fourth-order valence-electron chi connectivity index (χ4n) is 1.59. The highest BCUT2D eigenvalue weighted by Crippen LogP contribution is 2.22. The summed E-state index contributed by atoms with van der Waals surface area (Å²) in [5, 5.41) is 2.62. The summed E-state index contributed by atoms with van der Waals surface area (Å²) >= 11 is 0. The molecule has 1 saturated carbocycles. The maximum Gasteiger partial charge on any atom is 0.230 e. The van der Waals surface area contributed by atoms with Crippen LogP contribution in [-0.2, 0) is 9.59 Å². The van der Waals surface area contributed by atoms with Gasteiger partial charge in [-0.25, -0.2) is 0 Å². The Kier molecular flexibility index (Phi) is 2.81. The Morgan fingerprint density at radius 3 is 2.93 bits per heavy atom. The second kappa shape index (κ2) is 4.26. The predicted molar refractivity (Wildman–Crippen MR) is 52.3 cm³/mol. The average Bonchev–Trinajstić information content (AvgIpc) is 2.58. The Bertz CT molecular complexity index is 298. The van der Waals surface area contributed by atoms with Crippen molar-refractivity contribution < 1.29 is 15.8 Å². The second-order valence-electron chi connectivity index (χ2n) is 3.45. The summed E-state index contributed by atoms with van der Waals surface area (Å²) in [6, 6.07) is -0.449. The summed E-state index contributed by atoms with van der Waals surface area (Å²) in [6.07, 6.45) is 0.295. The molecule has 0 unspecified atom stereocenters. The normalized spacial score (nSPS) is 26.6. The lowest BCUT2D eigenvalue weighted by Crippen LogP contribution is -2.43. The van der Waals surface area contributed by atoms with Crippen molar-refractivity contribution in [1.29, 1.82) is 0 Å². The van der Waals surface area contributed by atoms with Gasteiger partial charge in [-0.2, -0.15) is 0 Å². The Balaban J connectivity index is 2.64. The van der Waals surface area contributed by atoms with Gasteiger partial charge in [0.25, 0.3) is 0 Å². The van der Waals surface area contributed by atoms with Crippen LogP contribution in [0.1, 0.15) is 12.8 Å². The van der Waals surface area contributed by atoms with E-state index in [0.717, 1.165) is 0 Å². The van der Waals surface area contributed by atoms with Gasteiger partial charge in [0.1, 0.15) is 5.78 Å². The first kappa shape index (κ1) is 9.24. The van der Waals surface area contributed by atoms with Crippen LogP contribution >= 0.6 is 0 Å². The van der Waals surface area contributed by atoms with Crippen molar-refractivity contribution >= 4 is 24.8 Å². The minimum Gasteiger partial charge on any atom is -0.369 e. The summed E-state index contributed by atoms with van der Waals surface area (Å²) in [5.41, 5.74) is 1.76. The zero-order chi connectivity index (χ0) is 11.4. The largest absolute Gasteiger partial charge is 0.369 e. The molecule has 5 nitrogen and oxygen atoms in total. The molecule has 1 aliphatic rings. The van der Waals surface area contributed by atoms with Crippen molar-refractivity contribution in [1.82, 2.24) is 5.32 Å². The number of nitrogens with one attached hydrogen (secondary N) is 1. The number of carbonyl (C=O) groups is 3. The SMILES string of the molecule is [2H]NC(=O)[C@H]1CC(=O)C[C@@H]1NC(=O)BC. The van der Waals surface area contributed by atoms with Gasteiger partial charge in [0.05, 0.1) is 5.92 Å². The lowest BCUT2D eigenvalue weighted by Gasteiger charge is -2.16. The maximum absolute atomic E-state index is 11.2. The van der Waals surface area contributed by atoms with Crippen molar-refractivity contribution in [2.75, 3.05) is 0 Å². The van der Waals surface area contributed by atoms with E-state index in [1.807, 2.05) is 0 Å². The molecule has 76 valence electrons. The van der Waals surface area contributed by atoms with Gasteiger partial charge in [-0.15, -0.1) is 0 Å². The molecule has 0 aromatic heterocycles. The zero-order valence-corrected chi connectivity index (χ0v) is 8.00. The quantitative estimate of drug-likeness (QED) is 0.569. The van der Waals surface area contributed by atoms with Crippen molar-refractivity contribution in [2.24, 2.45) is 11.6 Å². The Labute approximate surface area is 84.1 Å². The van der Waals surface area contributed by atoms with Gasteiger partial charge in [-0.3, -0.25) is 14.4 Å². The van der Waals surface area contributed by atoms with Crippen molar-refractivity contribution in [3.05, 3.63) is 0 Å². The minimum absolute atomic E-state index is 0.0509. The monoisotopic (exact) mass is 197 g/mol. The molecule has 1 fully saturated rings. The highest BCUT2D eigenvalue weighted by molar-refractivity contribution is 6.72. The highest BCUT2D eigenvalue weighted by atomic mass is 16.2. The molecule has 0 spiro atoms. The first-order chi connectivity index (χ1) is 7.08. The molecule has 0 aliphatic heterocycles. The number of ketones is 1. The predicted octanol–water partition coefficient (Wildman–Crippen LogP) is -0.986. The number of Topliss-reactive ketones (excluding diaryl/α,β-unsaturated/α-hetero) is 1. The molecule has 0 aromatic rings. The summed E-state index contributed by atoms with van der Waals surface area (Å²) < 4.78 is 6.73. The first-order valence-corrected chi connectivity index (χ1v) is 4.61. The lowest BCUT2D eigenvalue weighted by molar-refractivity contribution is -0.124. The highest BCUT2D eigenvalue weighted by Gasteiger charge is 2.37. The van der Waals surface area contributed by atoms with Gasteiger partial charge >= 0.3 is 0 Å². The Morgan fingerprint density at radius 1 is 1.64 bits per heavy atom. The van der Waals surface area contributed by atoms with Crippen molar-refractivity contribution in [3.8, 4) is 0 Å². The molecule has 0 saturated heterocycles. The summed E-state index contributed by atoms with van der Waals surface area (Å²) in [7, 11) is 0.319. The van der Waals surface area contributed by atoms with Crippen molar-refractivity contribution in [2.45, 2.75) is 25.7 Å². The first-order valence-electron chi connectivity index (χ1n) is 5.11. The van der Waals surface area contributed by atoms with E-state index in [2.05, 4.69) is 5.32 Å². The fraction of sp³-hybridized carbons (Fsp3) is 0.625. The van der Waals surface area contributed by atoms with E-state index in [1.54, 1.807) is 12.5 Å². The van der Waals surface area contributed by atoms with Gasteiger partial charge < -0.3 is 11.0 Å². The van der Waals surface area contributed by atoms with Crippen LogP contribution in [0.2, 0.25) is 8.23 Å². The number of hydrogen-bond acceptors (Lipinski definition) is 3. The molecule has 1 rings (SSSR count). The number of carbonyl (C=O) groups excluding carboxylic acids is 3. The van der Waals surface area contributed by atoms with Crippen molar-refractivity contribution in [3.63, 3.8) is 0 Å². The van der Waals surface area contributed by atoms with E-state index in [4.69, 9.17) is 1.41 Å². The van der Waals surface area contributed by atoms with Crippen LogP contribution in [0.3, 0.4) is 0 Å². The molecule has 6 heteroatoms. The third kappa shape index (κ3) is 2.34. The Hall–Kier alpha value is -1.33. The molecule has 0 bridgehead atoms. The lowest BCUT2D eigenvalue weighted by atomic mass is 9.81. The summed E-state index contributed by atoms with van der Waals surface area (Å²) in [6.45, 7) is 1.70. The average molecular weight is 197 g/mol. The van der Waals surface area contributed by atoms with Gasteiger partial charge in [-0.05, 0) is 0 Å².